The molecule has 2 N–H and O–H groups in total. The zero-order chi connectivity index (χ0) is 24.8. The molecule has 186 valence electrons. The van der Waals surface area contributed by atoms with Gasteiger partial charge in [-0.05, 0) is 67.8 Å². The molecule has 0 bridgehead atoms. The third-order valence-electron chi connectivity index (χ3n) is 7.59. The Bertz CT molecular complexity index is 1420. The molecule has 2 aromatic carbocycles. The van der Waals surface area contributed by atoms with Gasteiger partial charge in [-0.3, -0.25) is 4.90 Å². The fourth-order valence-corrected chi connectivity index (χ4v) is 5.66. The minimum absolute atomic E-state index is 0.0656. The zero-order valence-electron chi connectivity index (χ0n) is 20.8. The summed E-state index contributed by atoms with van der Waals surface area (Å²) in [5.74, 6) is 1.78. The molecule has 7 nitrogen and oxygen atoms in total. The quantitative estimate of drug-likeness (QED) is 0.400. The molecule has 4 heterocycles. The summed E-state index contributed by atoms with van der Waals surface area (Å²) in [5.41, 5.74) is 5.47. The van der Waals surface area contributed by atoms with Gasteiger partial charge in [-0.2, -0.15) is 0 Å². The summed E-state index contributed by atoms with van der Waals surface area (Å²) < 4.78 is 8.82. The van der Waals surface area contributed by atoms with E-state index in [0.29, 0.717) is 0 Å². The van der Waals surface area contributed by atoms with E-state index in [2.05, 4.69) is 51.4 Å². The van der Waals surface area contributed by atoms with Crippen molar-refractivity contribution < 1.29 is 14.9 Å². The van der Waals surface area contributed by atoms with Crippen LogP contribution in [0.5, 0.6) is 17.2 Å². The molecule has 4 aromatic rings. The van der Waals surface area contributed by atoms with Gasteiger partial charge >= 0.3 is 0 Å². The fraction of sp³-hybridized carbons (Fsp3) is 0.345. The van der Waals surface area contributed by atoms with Crippen LogP contribution in [0.15, 0.2) is 54.7 Å². The van der Waals surface area contributed by atoms with E-state index >= 15 is 0 Å². The van der Waals surface area contributed by atoms with Crippen molar-refractivity contribution in [3.8, 4) is 28.5 Å². The van der Waals surface area contributed by atoms with Gasteiger partial charge in [0.15, 0.2) is 11.5 Å². The number of hydrogen-bond acceptors (Lipinski definition) is 6. The Morgan fingerprint density at radius 1 is 0.972 bits per heavy atom. The fourth-order valence-electron chi connectivity index (χ4n) is 5.66. The molecule has 0 radical (unpaired) electrons. The molecule has 0 amide bonds. The average molecular weight is 485 g/mol. The van der Waals surface area contributed by atoms with E-state index < -0.39 is 0 Å². The van der Waals surface area contributed by atoms with Crippen LogP contribution in [-0.4, -0.2) is 63.5 Å². The molecule has 2 aliphatic heterocycles. The second kappa shape index (κ2) is 9.06. The highest BCUT2D eigenvalue weighted by Crippen LogP contribution is 2.42. The summed E-state index contributed by atoms with van der Waals surface area (Å²) in [5, 5.41) is 21.1. The summed E-state index contributed by atoms with van der Waals surface area (Å²) in [6.45, 7) is 9.97. The lowest BCUT2D eigenvalue weighted by atomic mass is 10.1. The molecule has 2 aromatic heterocycles. The maximum atomic E-state index is 10.1. The van der Waals surface area contributed by atoms with E-state index in [1.165, 1.54) is 5.56 Å². The van der Waals surface area contributed by atoms with Crippen LogP contribution in [0, 0.1) is 13.8 Å². The first kappa shape index (κ1) is 22.7. The van der Waals surface area contributed by atoms with Crippen molar-refractivity contribution >= 4 is 16.7 Å². The van der Waals surface area contributed by atoms with Gasteiger partial charge in [0.2, 0.25) is 0 Å². The number of aromatic nitrogens is 2. The third-order valence-corrected chi connectivity index (χ3v) is 7.59. The smallest absolute Gasteiger partial charge is 0.158 e. The number of phenolic OH excluding ortho intramolecular Hbond substituents is 2. The Morgan fingerprint density at radius 2 is 1.81 bits per heavy atom. The normalized spacial score (nSPS) is 17.9. The number of anilines is 1. The first-order valence-corrected chi connectivity index (χ1v) is 12.7. The van der Waals surface area contributed by atoms with E-state index in [4.69, 9.17) is 4.74 Å². The van der Waals surface area contributed by atoms with E-state index in [9.17, 15) is 10.2 Å². The summed E-state index contributed by atoms with van der Waals surface area (Å²) >= 11 is 0. The molecule has 1 fully saturated rings. The first-order chi connectivity index (χ1) is 17.5. The van der Waals surface area contributed by atoms with Crippen molar-refractivity contribution in [1.29, 1.82) is 0 Å². The molecule has 1 atom stereocenters. The SMILES string of the molecule is Cc1ccnc(N2CCN(CCC3Cn4c(-c5ccc(O)c(O)c5)c(C)c5cccc(c54)O3)CC2)c1. The number of ether oxygens (including phenoxy) is 1. The second-order valence-electron chi connectivity index (χ2n) is 9.99. The van der Waals surface area contributed by atoms with Crippen LogP contribution in [-0.2, 0) is 6.54 Å². The second-order valence-corrected chi connectivity index (χ2v) is 9.99. The Balaban J connectivity index is 1.18. The standard InChI is InChI=1S/C29H32N4O3/c1-19-8-10-30-27(16-19)32-14-12-31(13-15-32)11-9-22-18-33-28(21-6-7-24(34)25(35)17-21)20(2)23-4-3-5-26(36-22)29(23)33/h3-8,10,16-17,22,34-35H,9,11-15,18H2,1-2H3. The molecule has 0 aliphatic carbocycles. The van der Waals surface area contributed by atoms with E-state index in [-0.39, 0.29) is 17.6 Å². The molecule has 7 heteroatoms. The van der Waals surface area contributed by atoms with Crippen molar-refractivity contribution in [1.82, 2.24) is 14.5 Å². The van der Waals surface area contributed by atoms with Crippen molar-refractivity contribution in [3.05, 3.63) is 65.9 Å². The summed E-state index contributed by atoms with van der Waals surface area (Å²) in [6, 6.07) is 15.5. The molecular formula is C29H32N4O3. The van der Waals surface area contributed by atoms with Crippen molar-refractivity contribution in [2.45, 2.75) is 32.9 Å². The van der Waals surface area contributed by atoms with Gasteiger partial charge in [-0.15, -0.1) is 0 Å². The lowest BCUT2D eigenvalue weighted by Crippen LogP contribution is -2.47. The maximum absolute atomic E-state index is 10.1. The van der Waals surface area contributed by atoms with Crippen LogP contribution in [0.2, 0.25) is 0 Å². The third kappa shape index (κ3) is 4.03. The largest absolute Gasteiger partial charge is 0.504 e. The van der Waals surface area contributed by atoms with Crippen LogP contribution in [0.25, 0.3) is 22.2 Å². The van der Waals surface area contributed by atoms with Gasteiger partial charge in [0, 0.05) is 49.9 Å². The zero-order valence-corrected chi connectivity index (χ0v) is 20.8. The molecule has 1 saturated heterocycles. The Hall–Kier alpha value is -3.71. The molecule has 1 unspecified atom stereocenters. The topological polar surface area (TPSA) is 74.0 Å². The van der Waals surface area contributed by atoms with Crippen molar-refractivity contribution in [2.24, 2.45) is 0 Å². The first-order valence-electron chi connectivity index (χ1n) is 12.7. The number of benzene rings is 2. The number of pyridine rings is 1. The van der Waals surface area contributed by atoms with E-state index in [1.54, 1.807) is 12.1 Å². The van der Waals surface area contributed by atoms with Crippen LogP contribution in [0.4, 0.5) is 5.82 Å². The number of rotatable bonds is 5. The van der Waals surface area contributed by atoms with E-state index in [1.807, 2.05) is 24.4 Å². The Morgan fingerprint density at radius 3 is 2.58 bits per heavy atom. The number of piperazine rings is 1. The number of phenols is 2. The number of aryl methyl sites for hydroxylation is 2. The van der Waals surface area contributed by atoms with Gasteiger partial charge < -0.3 is 24.4 Å². The van der Waals surface area contributed by atoms with Gasteiger partial charge in [-0.25, -0.2) is 4.98 Å². The molecule has 6 rings (SSSR count). The van der Waals surface area contributed by atoms with Crippen LogP contribution in [0.3, 0.4) is 0 Å². The predicted octanol–water partition coefficient (Wildman–Crippen LogP) is 4.70. The molecular weight excluding hydrogens is 452 g/mol. The molecule has 0 spiro atoms. The highest BCUT2D eigenvalue weighted by Gasteiger charge is 2.28. The maximum Gasteiger partial charge on any atom is 0.158 e. The van der Waals surface area contributed by atoms with Gasteiger partial charge in [0.05, 0.1) is 17.8 Å². The monoisotopic (exact) mass is 484 g/mol. The van der Waals surface area contributed by atoms with Gasteiger partial charge in [0.1, 0.15) is 17.7 Å². The highest BCUT2D eigenvalue weighted by molar-refractivity contribution is 5.95. The number of aromatic hydroxyl groups is 2. The lowest BCUT2D eigenvalue weighted by molar-refractivity contribution is 0.137. The van der Waals surface area contributed by atoms with Crippen LogP contribution in [0.1, 0.15) is 17.5 Å². The lowest BCUT2D eigenvalue weighted by Gasteiger charge is -2.36. The average Bonchev–Trinajstić information content (AvgIpc) is 3.17. The van der Waals surface area contributed by atoms with Gasteiger partial charge in [0.25, 0.3) is 0 Å². The Kier molecular flexibility index (Phi) is 5.72. The molecule has 2 aliphatic rings. The van der Waals surface area contributed by atoms with Crippen LogP contribution >= 0.6 is 0 Å². The minimum Gasteiger partial charge on any atom is -0.504 e. The van der Waals surface area contributed by atoms with Crippen molar-refractivity contribution in [2.75, 3.05) is 37.6 Å². The minimum atomic E-state index is -0.105. The highest BCUT2D eigenvalue weighted by atomic mass is 16.5. The number of hydrogen-bond donors (Lipinski definition) is 2. The predicted molar refractivity (Wildman–Crippen MR) is 142 cm³/mol. The van der Waals surface area contributed by atoms with Crippen molar-refractivity contribution in [3.63, 3.8) is 0 Å². The van der Waals surface area contributed by atoms with Gasteiger partial charge in [-0.1, -0.05) is 12.1 Å². The number of nitrogens with zero attached hydrogens (tertiary/aromatic N) is 4. The van der Waals surface area contributed by atoms with Crippen LogP contribution < -0.4 is 9.64 Å². The Labute approximate surface area is 211 Å². The molecule has 0 saturated carbocycles. The summed E-state index contributed by atoms with van der Waals surface area (Å²) in [4.78, 5) is 9.44. The number of para-hydroxylation sites is 1. The van der Waals surface area contributed by atoms with E-state index in [0.717, 1.165) is 85.0 Å². The molecule has 36 heavy (non-hydrogen) atoms. The summed E-state index contributed by atoms with van der Waals surface area (Å²) in [7, 11) is 0. The summed E-state index contributed by atoms with van der Waals surface area (Å²) in [6.07, 6.45) is 2.90.